The highest BCUT2D eigenvalue weighted by atomic mass is 79.9. The van der Waals surface area contributed by atoms with Crippen LogP contribution in [0, 0.1) is 0 Å². The van der Waals surface area contributed by atoms with Crippen LogP contribution >= 0.6 is 15.9 Å². The number of alkyl halides is 1. The number of amides is 4. The summed E-state index contributed by atoms with van der Waals surface area (Å²) >= 11 is 3.08. The first-order valence-corrected chi connectivity index (χ1v) is 8.25. The maximum absolute atomic E-state index is 12.6. The molecule has 0 aromatic heterocycles. The second-order valence-electron chi connectivity index (χ2n) is 5.41. The van der Waals surface area contributed by atoms with E-state index in [-0.39, 0.29) is 36.0 Å². The van der Waals surface area contributed by atoms with Gasteiger partial charge in [-0.2, -0.15) is 0 Å². The number of halogens is 1. The third-order valence-electron chi connectivity index (χ3n) is 3.98. The fraction of sp³-hybridized carbons (Fsp3) is 0.333. The molecular formula is C15H14BrN3O4. The van der Waals surface area contributed by atoms with Gasteiger partial charge < -0.3 is 10.2 Å². The maximum atomic E-state index is 12.6. The Morgan fingerprint density at radius 1 is 1.35 bits per heavy atom. The average molecular weight is 380 g/mol. The predicted molar refractivity (Wildman–Crippen MR) is 84.9 cm³/mol. The van der Waals surface area contributed by atoms with Crippen molar-refractivity contribution in [3.8, 4) is 0 Å². The van der Waals surface area contributed by atoms with Crippen molar-refractivity contribution in [3.05, 3.63) is 29.3 Å². The molecule has 2 N–H and O–H groups in total. The Labute approximate surface area is 140 Å². The van der Waals surface area contributed by atoms with Crippen molar-refractivity contribution in [2.75, 3.05) is 10.6 Å². The van der Waals surface area contributed by atoms with Crippen LogP contribution in [0.4, 0.5) is 5.69 Å². The van der Waals surface area contributed by atoms with Gasteiger partial charge in [-0.05, 0) is 18.6 Å². The van der Waals surface area contributed by atoms with E-state index < -0.39 is 11.9 Å². The molecule has 8 heteroatoms. The van der Waals surface area contributed by atoms with E-state index in [0.29, 0.717) is 23.2 Å². The van der Waals surface area contributed by atoms with Crippen molar-refractivity contribution in [1.82, 2.24) is 10.2 Å². The van der Waals surface area contributed by atoms with E-state index in [4.69, 9.17) is 0 Å². The number of hydrogen-bond acceptors (Lipinski definition) is 4. The first-order chi connectivity index (χ1) is 11.0. The number of nitrogens with zero attached hydrogens (tertiary/aromatic N) is 1. The van der Waals surface area contributed by atoms with E-state index in [2.05, 4.69) is 26.6 Å². The van der Waals surface area contributed by atoms with Crippen LogP contribution in [-0.4, -0.2) is 39.9 Å². The molecule has 1 saturated heterocycles. The lowest BCUT2D eigenvalue weighted by Crippen LogP contribution is -2.52. The standard InChI is InChI=1S/C15H14BrN3O4/c16-6-13(21)17-10-3-1-2-8-9(10)7-19(15(8)23)11-4-5-12(20)18-14(11)22/h1-3,11H,4-7H2,(H,17,21)(H,18,20,22). The molecule has 0 aliphatic carbocycles. The number of imide groups is 1. The normalized spacial score (nSPS) is 20.3. The van der Waals surface area contributed by atoms with Gasteiger partial charge in [0.25, 0.3) is 5.91 Å². The largest absolute Gasteiger partial charge is 0.325 e. The van der Waals surface area contributed by atoms with Gasteiger partial charge in [-0.1, -0.05) is 22.0 Å². The minimum absolute atomic E-state index is 0.154. The number of nitrogens with one attached hydrogen (secondary N) is 2. The monoisotopic (exact) mass is 379 g/mol. The van der Waals surface area contributed by atoms with Crippen LogP contribution in [-0.2, 0) is 20.9 Å². The molecule has 0 radical (unpaired) electrons. The van der Waals surface area contributed by atoms with Gasteiger partial charge in [0, 0.05) is 29.8 Å². The van der Waals surface area contributed by atoms with Gasteiger partial charge >= 0.3 is 0 Å². The van der Waals surface area contributed by atoms with Gasteiger partial charge in [-0.25, -0.2) is 0 Å². The molecule has 2 aliphatic rings. The van der Waals surface area contributed by atoms with Crippen LogP contribution in [0.3, 0.4) is 0 Å². The molecule has 1 aromatic rings. The number of carbonyl (C=O) groups excluding carboxylic acids is 4. The quantitative estimate of drug-likeness (QED) is 0.599. The molecule has 23 heavy (non-hydrogen) atoms. The molecule has 0 spiro atoms. The highest BCUT2D eigenvalue weighted by molar-refractivity contribution is 9.09. The third-order valence-corrected chi connectivity index (χ3v) is 4.49. The van der Waals surface area contributed by atoms with Crippen LogP contribution in [0.15, 0.2) is 18.2 Å². The van der Waals surface area contributed by atoms with Crippen molar-refractivity contribution >= 4 is 45.2 Å². The van der Waals surface area contributed by atoms with Crippen molar-refractivity contribution in [3.63, 3.8) is 0 Å². The summed E-state index contributed by atoms with van der Waals surface area (Å²) in [6, 6.07) is 4.43. The molecule has 4 amide bonds. The van der Waals surface area contributed by atoms with Crippen molar-refractivity contribution < 1.29 is 19.2 Å². The SMILES string of the molecule is O=C1CCC(N2Cc3c(NC(=O)CBr)cccc3C2=O)C(=O)N1. The van der Waals surface area contributed by atoms with Crippen LogP contribution < -0.4 is 10.6 Å². The van der Waals surface area contributed by atoms with E-state index in [9.17, 15) is 19.2 Å². The Balaban J connectivity index is 1.87. The summed E-state index contributed by atoms with van der Waals surface area (Å²) < 4.78 is 0. The molecule has 1 fully saturated rings. The number of rotatable bonds is 3. The predicted octanol–water partition coefficient (Wildman–Crippen LogP) is 0.781. The van der Waals surface area contributed by atoms with Gasteiger partial charge in [0.05, 0.1) is 5.33 Å². The number of carbonyl (C=O) groups is 4. The molecule has 1 aromatic carbocycles. The van der Waals surface area contributed by atoms with Gasteiger partial charge in [-0.3, -0.25) is 24.5 Å². The Hall–Kier alpha value is -2.22. The second kappa shape index (κ2) is 6.11. The molecule has 1 atom stereocenters. The first kappa shape index (κ1) is 15.7. The number of fused-ring (bicyclic) bond motifs is 1. The maximum Gasteiger partial charge on any atom is 0.255 e. The molecule has 0 saturated carbocycles. The molecule has 2 heterocycles. The molecule has 2 aliphatic heterocycles. The molecule has 120 valence electrons. The molecule has 0 bridgehead atoms. The minimum Gasteiger partial charge on any atom is -0.325 e. The number of hydrogen-bond donors (Lipinski definition) is 2. The summed E-state index contributed by atoms with van der Waals surface area (Å²) in [7, 11) is 0. The van der Waals surface area contributed by atoms with Crippen molar-refractivity contribution in [2.45, 2.75) is 25.4 Å². The van der Waals surface area contributed by atoms with E-state index in [0.717, 1.165) is 0 Å². The highest BCUT2D eigenvalue weighted by Gasteiger charge is 2.39. The van der Waals surface area contributed by atoms with Crippen LogP contribution in [0.5, 0.6) is 0 Å². The first-order valence-electron chi connectivity index (χ1n) is 7.13. The van der Waals surface area contributed by atoms with Gasteiger partial charge in [0.2, 0.25) is 17.7 Å². The van der Waals surface area contributed by atoms with Crippen LogP contribution in [0.2, 0.25) is 0 Å². The summed E-state index contributed by atoms with van der Waals surface area (Å²) in [5, 5.41) is 5.15. The molecule has 1 unspecified atom stereocenters. The van der Waals surface area contributed by atoms with Crippen molar-refractivity contribution in [1.29, 1.82) is 0 Å². The zero-order valence-electron chi connectivity index (χ0n) is 12.1. The smallest absolute Gasteiger partial charge is 0.255 e. The summed E-state index contributed by atoms with van der Waals surface area (Å²) in [5.41, 5.74) is 1.73. The van der Waals surface area contributed by atoms with E-state index in [1.807, 2.05) is 0 Å². The minimum atomic E-state index is -0.660. The third kappa shape index (κ3) is 2.86. The molecule has 7 nitrogen and oxygen atoms in total. The summed E-state index contributed by atoms with van der Waals surface area (Å²) in [5.74, 6) is -1.25. The van der Waals surface area contributed by atoms with Gasteiger partial charge in [0.1, 0.15) is 6.04 Å². The summed E-state index contributed by atoms with van der Waals surface area (Å²) in [4.78, 5) is 48.9. The zero-order valence-corrected chi connectivity index (χ0v) is 13.7. The van der Waals surface area contributed by atoms with E-state index in [1.54, 1.807) is 18.2 Å². The summed E-state index contributed by atoms with van der Waals surface area (Å²) in [6.45, 7) is 0.235. The second-order valence-corrected chi connectivity index (χ2v) is 5.97. The lowest BCUT2D eigenvalue weighted by Gasteiger charge is -2.29. The van der Waals surface area contributed by atoms with Crippen molar-refractivity contribution in [2.24, 2.45) is 0 Å². The lowest BCUT2D eigenvalue weighted by molar-refractivity contribution is -0.137. The van der Waals surface area contributed by atoms with Crippen LogP contribution in [0.1, 0.15) is 28.8 Å². The highest BCUT2D eigenvalue weighted by Crippen LogP contribution is 2.32. The Morgan fingerprint density at radius 3 is 2.83 bits per heavy atom. The number of piperidine rings is 1. The number of anilines is 1. The van der Waals surface area contributed by atoms with Crippen LogP contribution in [0.25, 0.3) is 0 Å². The summed E-state index contributed by atoms with van der Waals surface area (Å²) in [6.07, 6.45) is 0.525. The average Bonchev–Trinajstić information content (AvgIpc) is 2.86. The zero-order chi connectivity index (χ0) is 16.6. The lowest BCUT2D eigenvalue weighted by atomic mass is 10.0. The fourth-order valence-corrected chi connectivity index (χ4v) is 3.03. The topological polar surface area (TPSA) is 95.6 Å². The molecular weight excluding hydrogens is 366 g/mol. The molecule has 3 rings (SSSR count). The van der Waals surface area contributed by atoms with E-state index in [1.165, 1.54) is 4.90 Å². The van der Waals surface area contributed by atoms with Gasteiger partial charge in [-0.15, -0.1) is 0 Å². The van der Waals surface area contributed by atoms with E-state index >= 15 is 0 Å². The van der Waals surface area contributed by atoms with Gasteiger partial charge in [0.15, 0.2) is 0 Å². The Bertz CT molecular complexity index is 719. The fourth-order valence-electron chi connectivity index (χ4n) is 2.89. The number of benzene rings is 1. The Kier molecular flexibility index (Phi) is 4.16. The Morgan fingerprint density at radius 2 is 2.13 bits per heavy atom.